The van der Waals surface area contributed by atoms with Crippen molar-refractivity contribution in [3.05, 3.63) is 65.0 Å². The number of amides is 1. The average molecular weight is 289 g/mol. The molecule has 1 amide bonds. The van der Waals surface area contributed by atoms with E-state index in [2.05, 4.69) is 5.32 Å². The highest BCUT2D eigenvalue weighted by Crippen LogP contribution is 2.17. The predicted molar refractivity (Wildman–Crippen MR) is 76.5 cm³/mol. The minimum absolute atomic E-state index is 0.0161. The monoisotopic (exact) mass is 289 g/mol. The second kappa shape index (κ2) is 6.85. The minimum atomic E-state index is -0.572. The second-order valence-electron chi connectivity index (χ2n) is 4.51. The molecule has 0 aliphatic carbocycles. The smallest absolute Gasteiger partial charge is 0.251 e. The van der Waals surface area contributed by atoms with Crippen molar-refractivity contribution in [3.63, 3.8) is 0 Å². The molecule has 0 bridgehead atoms. The van der Waals surface area contributed by atoms with Gasteiger partial charge in [0.05, 0.1) is 13.7 Å². The Labute approximate surface area is 122 Å². The van der Waals surface area contributed by atoms with Gasteiger partial charge in [0.1, 0.15) is 0 Å². The normalized spacial score (nSPS) is 10.2. The molecule has 4 nitrogen and oxygen atoms in total. The van der Waals surface area contributed by atoms with Gasteiger partial charge in [-0.05, 0) is 29.3 Å². The molecule has 2 aromatic rings. The standard InChI is InChI=1S/C16H16FNO3/c1-21-15-7-6-13(8-14(15)17)16(20)18-9-11-2-4-12(10-19)5-3-11/h2-8,19H,9-10H2,1H3,(H,18,20). The van der Waals surface area contributed by atoms with E-state index in [0.717, 1.165) is 17.2 Å². The molecular weight excluding hydrogens is 273 g/mol. The zero-order valence-electron chi connectivity index (χ0n) is 11.6. The fourth-order valence-electron chi connectivity index (χ4n) is 1.85. The van der Waals surface area contributed by atoms with Crippen LogP contribution in [-0.2, 0) is 13.2 Å². The van der Waals surface area contributed by atoms with Gasteiger partial charge in [-0.25, -0.2) is 4.39 Å². The molecule has 0 aromatic heterocycles. The van der Waals surface area contributed by atoms with Gasteiger partial charge in [0.25, 0.3) is 5.91 Å². The first-order valence-corrected chi connectivity index (χ1v) is 6.44. The zero-order valence-corrected chi connectivity index (χ0v) is 11.6. The fraction of sp³-hybridized carbons (Fsp3) is 0.188. The molecule has 0 saturated carbocycles. The molecule has 0 spiro atoms. The molecule has 0 aliphatic heterocycles. The van der Waals surface area contributed by atoms with Crippen molar-refractivity contribution < 1.29 is 19.0 Å². The number of benzene rings is 2. The van der Waals surface area contributed by atoms with Gasteiger partial charge in [-0.3, -0.25) is 4.79 Å². The first-order valence-electron chi connectivity index (χ1n) is 6.44. The Balaban J connectivity index is 1.99. The molecular formula is C16H16FNO3. The number of nitrogens with one attached hydrogen (secondary N) is 1. The maximum absolute atomic E-state index is 13.5. The van der Waals surface area contributed by atoms with Gasteiger partial charge in [-0.15, -0.1) is 0 Å². The summed E-state index contributed by atoms with van der Waals surface area (Å²) in [5.41, 5.74) is 1.94. The van der Waals surface area contributed by atoms with E-state index >= 15 is 0 Å². The van der Waals surface area contributed by atoms with Crippen molar-refractivity contribution in [2.45, 2.75) is 13.2 Å². The lowest BCUT2D eigenvalue weighted by molar-refractivity contribution is 0.0950. The van der Waals surface area contributed by atoms with Gasteiger partial charge in [0, 0.05) is 12.1 Å². The molecule has 0 radical (unpaired) electrons. The molecule has 21 heavy (non-hydrogen) atoms. The Morgan fingerprint density at radius 3 is 2.43 bits per heavy atom. The first kappa shape index (κ1) is 15.0. The Bertz CT molecular complexity index is 626. The minimum Gasteiger partial charge on any atom is -0.494 e. The Kier molecular flexibility index (Phi) is 4.90. The number of rotatable bonds is 5. The van der Waals surface area contributed by atoms with Crippen molar-refractivity contribution in [1.29, 1.82) is 0 Å². The van der Waals surface area contributed by atoms with E-state index in [-0.39, 0.29) is 23.8 Å². The van der Waals surface area contributed by atoms with Crippen LogP contribution in [0, 0.1) is 5.82 Å². The van der Waals surface area contributed by atoms with Crippen LogP contribution in [0.1, 0.15) is 21.5 Å². The Morgan fingerprint density at radius 1 is 1.19 bits per heavy atom. The van der Waals surface area contributed by atoms with Crippen LogP contribution >= 0.6 is 0 Å². The number of carbonyl (C=O) groups excluding carboxylic acids is 1. The van der Waals surface area contributed by atoms with E-state index in [0.29, 0.717) is 6.54 Å². The molecule has 0 aliphatic rings. The summed E-state index contributed by atoms with van der Waals surface area (Å²) in [4.78, 5) is 11.9. The summed E-state index contributed by atoms with van der Waals surface area (Å²) in [6.07, 6.45) is 0. The largest absolute Gasteiger partial charge is 0.494 e. The van der Waals surface area contributed by atoms with Crippen LogP contribution < -0.4 is 10.1 Å². The predicted octanol–water partition coefficient (Wildman–Crippen LogP) is 2.26. The van der Waals surface area contributed by atoms with Crippen molar-refractivity contribution in [2.24, 2.45) is 0 Å². The molecule has 0 atom stereocenters. The molecule has 0 unspecified atom stereocenters. The third-order valence-corrected chi connectivity index (χ3v) is 3.07. The van der Waals surface area contributed by atoms with Gasteiger partial charge in [-0.2, -0.15) is 0 Å². The zero-order chi connectivity index (χ0) is 15.2. The summed E-state index contributed by atoms with van der Waals surface area (Å²) < 4.78 is 18.3. The van der Waals surface area contributed by atoms with E-state index in [1.54, 1.807) is 12.1 Å². The molecule has 0 heterocycles. The number of aliphatic hydroxyl groups excluding tert-OH is 1. The lowest BCUT2D eigenvalue weighted by atomic mass is 10.1. The highest BCUT2D eigenvalue weighted by Gasteiger charge is 2.09. The number of hydrogen-bond acceptors (Lipinski definition) is 3. The van der Waals surface area contributed by atoms with Gasteiger partial charge in [0.2, 0.25) is 0 Å². The summed E-state index contributed by atoms with van der Waals surface area (Å²) in [5, 5.41) is 11.7. The van der Waals surface area contributed by atoms with Crippen LogP contribution in [-0.4, -0.2) is 18.1 Å². The Hall–Kier alpha value is -2.40. The number of methoxy groups -OCH3 is 1. The molecule has 2 rings (SSSR count). The molecule has 110 valence electrons. The molecule has 0 fully saturated rings. The van der Waals surface area contributed by atoms with Crippen LogP contribution in [0.15, 0.2) is 42.5 Å². The van der Waals surface area contributed by atoms with Crippen LogP contribution in [0.25, 0.3) is 0 Å². The number of aliphatic hydroxyl groups is 1. The summed E-state index contributed by atoms with van der Waals surface area (Å²) in [5.74, 6) is -0.827. The van der Waals surface area contributed by atoms with Crippen molar-refractivity contribution in [2.75, 3.05) is 7.11 Å². The fourth-order valence-corrected chi connectivity index (χ4v) is 1.85. The van der Waals surface area contributed by atoms with Gasteiger partial charge in [0.15, 0.2) is 11.6 Å². The second-order valence-corrected chi connectivity index (χ2v) is 4.51. The van der Waals surface area contributed by atoms with Crippen LogP contribution in [0.2, 0.25) is 0 Å². The van der Waals surface area contributed by atoms with Gasteiger partial charge < -0.3 is 15.2 Å². The quantitative estimate of drug-likeness (QED) is 0.887. The van der Waals surface area contributed by atoms with Crippen molar-refractivity contribution >= 4 is 5.91 Å². The van der Waals surface area contributed by atoms with Crippen LogP contribution in [0.3, 0.4) is 0 Å². The van der Waals surface area contributed by atoms with Crippen LogP contribution in [0.4, 0.5) is 4.39 Å². The number of halogens is 1. The highest BCUT2D eigenvalue weighted by atomic mass is 19.1. The third kappa shape index (κ3) is 3.79. The lowest BCUT2D eigenvalue weighted by Gasteiger charge is -2.07. The summed E-state index contributed by atoms with van der Waals surface area (Å²) in [6, 6.07) is 11.3. The molecule has 0 saturated heterocycles. The topological polar surface area (TPSA) is 58.6 Å². The SMILES string of the molecule is COc1ccc(C(=O)NCc2ccc(CO)cc2)cc1F. The van der Waals surface area contributed by atoms with E-state index in [1.165, 1.54) is 19.2 Å². The maximum atomic E-state index is 13.5. The van der Waals surface area contributed by atoms with Crippen molar-refractivity contribution in [1.82, 2.24) is 5.32 Å². The molecule has 2 N–H and O–H groups in total. The number of carbonyl (C=O) groups is 1. The number of hydrogen-bond donors (Lipinski definition) is 2. The molecule has 2 aromatic carbocycles. The lowest BCUT2D eigenvalue weighted by Crippen LogP contribution is -2.22. The van der Waals surface area contributed by atoms with Gasteiger partial charge >= 0.3 is 0 Å². The van der Waals surface area contributed by atoms with E-state index < -0.39 is 5.82 Å². The van der Waals surface area contributed by atoms with Crippen molar-refractivity contribution in [3.8, 4) is 5.75 Å². The van der Waals surface area contributed by atoms with E-state index in [4.69, 9.17) is 9.84 Å². The van der Waals surface area contributed by atoms with E-state index in [1.807, 2.05) is 12.1 Å². The average Bonchev–Trinajstić information content (AvgIpc) is 2.53. The highest BCUT2D eigenvalue weighted by molar-refractivity contribution is 5.94. The summed E-state index contributed by atoms with van der Waals surface area (Å²) in [7, 11) is 1.37. The third-order valence-electron chi connectivity index (χ3n) is 3.07. The van der Waals surface area contributed by atoms with E-state index in [9.17, 15) is 9.18 Å². The Morgan fingerprint density at radius 2 is 1.86 bits per heavy atom. The summed E-state index contributed by atoms with van der Waals surface area (Å²) in [6.45, 7) is 0.315. The first-order chi connectivity index (χ1) is 10.1. The maximum Gasteiger partial charge on any atom is 0.251 e. The van der Waals surface area contributed by atoms with Crippen LogP contribution in [0.5, 0.6) is 5.75 Å². The number of ether oxygens (including phenoxy) is 1. The molecule has 5 heteroatoms. The summed E-state index contributed by atoms with van der Waals surface area (Å²) >= 11 is 0. The van der Waals surface area contributed by atoms with Gasteiger partial charge in [-0.1, -0.05) is 24.3 Å².